The molecule has 3 aromatic rings. The molecule has 0 aliphatic carbocycles. The Labute approximate surface area is 193 Å². The first-order valence-electron chi connectivity index (χ1n) is 11.2. The number of pyridine rings is 1. The van der Waals surface area contributed by atoms with Crippen LogP contribution < -0.4 is 15.0 Å². The lowest BCUT2D eigenvalue weighted by Crippen LogP contribution is -2.28. The fourth-order valence-electron chi connectivity index (χ4n) is 4.60. The second-order valence-corrected chi connectivity index (χ2v) is 8.83. The van der Waals surface area contributed by atoms with E-state index in [9.17, 15) is 4.79 Å². The molecule has 0 spiro atoms. The number of hydrogen-bond donors (Lipinski definition) is 1. The van der Waals surface area contributed by atoms with Crippen LogP contribution in [0.1, 0.15) is 35.2 Å². The Morgan fingerprint density at radius 2 is 1.97 bits per heavy atom. The zero-order valence-corrected chi connectivity index (χ0v) is 18.6. The molecule has 1 aromatic heterocycles. The number of aromatic nitrogens is 1. The van der Waals surface area contributed by atoms with Crippen molar-refractivity contribution in [1.82, 2.24) is 10.3 Å². The van der Waals surface area contributed by atoms with Crippen LogP contribution in [0.25, 0.3) is 11.1 Å². The maximum absolute atomic E-state index is 13.0. The van der Waals surface area contributed by atoms with E-state index >= 15 is 0 Å². The number of ether oxygens (including phenoxy) is 1. The van der Waals surface area contributed by atoms with E-state index in [-0.39, 0.29) is 5.91 Å². The van der Waals surface area contributed by atoms with Crippen LogP contribution in [-0.4, -0.2) is 30.6 Å². The molecule has 32 heavy (non-hydrogen) atoms. The van der Waals surface area contributed by atoms with Crippen molar-refractivity contribution in [3.8, 4) is 16.9 Å². The van der Waals surface area contributed by atoms with E-state index in [0.717, 1.165) is 53.6 Å². The van der Waals surface area contributed by atoms with Gasteiger partial charge in [0.1, 0.15) is 5.75 Å². The number of rotatable bonds is 6. The number of amides is 1. The summed E-state index contributed by atoms with van der Waals surface area (Å²) in [6.07, 6.45) is 7.08. The number of anilines is 1. The Hall–Kier alpha value is -2.89. The minimum Gasteiger partial charge on any atom is -0.493 e. The number of nitrogens with zero attached hydrogens (tertiary/aromatic N) is 2. The average molecular weight is 448 g/mol. The first kappa shape index (κ1) is 21.0. The van der Waals surface area contributed by atoms with Crippen LogP contribution >= 0.6 is 11.6 Å². The molecule has 164 valence electrons. The van der Waals surface area contributed by atoms with Gasteiger partial charge in [-0.2, -0.15) is 0 Å². The van der Waals surface area contributed by atoms with Crippen LogP contribution in [0.15, 0.2) is 60.9 Å². The quantitative estimate of drug-likeness (QED) is 0.554. The molecule has 2 aromatic carbocycles. The first-order chi connectivity index (χ1) is 15.7. The predicted molar refractivity (Wildman–Crippen MR) is 127 cm³/mol. The van der Waals surface area contributed by atoms with Crippen LogP contribution in [0, 0.1) is 5.92 Å². The highest BCUT2D eigenvalue weighted by atomic mass is 35.5. The molecular weight excluding hydrogens is 422 g/mol. The number of nitrogens with one attached hydrogen (secondary N) is 1. The van der Waals surface area contributed by atoms with Crippen LogP contribution in [0.5, 0.6) is 5.75 Å². The lowest BCUT2D eigenvalue weighted by Gasteiger charge is -2.22. The summed E-state index contributed by atoms with van der Waals surface area (Å²) in [4.78, 5) is 19.1. The molecule has 2 aliphatic heterocycles. The standard InChI is InChI=1S/C26H26ClN3O2/c27-23-6-2-4-20-17-30(26(31)25(20)23)21-5-1-3-19(15-21)22-16-29-13-9-24(22)32-14-10-18-7-11-28-12-8-18/h1-6,9,13,15-16,18,28H,7-8,10-12,14,17H2. The third-order valence-electron chi connectivity index (χ3n) is 6.38. The smallest absolute Gasteiger partial charge is 0.260 e. The third kappa shape index (κ3) is 4.23. The van der Waals surface area contributed by atoms with Crippen molar-refractivity contribution in [3.05, 3.63) is 77.1 Å². The molecular formula is C26H26ClN3O2. The molecule has 1 fully saturated rings. The van der Waals surface area contributed by atoms with Gasteiger partial charge in [-0.25, -0.2) is 0 Å². The maximum atomic E-state index is 13.0. The Morgan fingerprint density at radius 1 is 1.12 bits per heavy atom. The summed E-state index contributed by atoms with van der Waals surface area (Å²) in [5.74, 6) is 1.48. The minimum atomic E-state index is -0.0626. The van der Waals surface area contributed by atoms with Gasteiger partial charge in [0, 0.05) is 23.6 Å². The molecule has 1 N–H and O–H groups in total. The molecule has 5 rings (SSSR count). The normalized spacial score (nSPS) is 16.3. The number of fused-ring (bicyclic) bond motifs is 1. The van der Waals surface area contributed by atoms with Crippen molar-refractivity contribution in [2.45, 2.75) is 25.8 Å². The Kier molecular flexibility index (Phi) is 6.10. The van der Waals surface area contributed by atoms with Gasteiger partial charge in [0.05, 0.1) is 23.7 Å². The topological polar surface area (TPSA) is 54.5 Å². The lowest BCUT2D eigenvalue weighted by molar-refractivity contribution is 0.0997. The van der Waals surface area contributed by atoms with Gasteiger partial charge in [0.15, 0.2) is 0 Å². The van der Waals surface area contributed by atoms with E-state index in [1.165, 1.54) is 12.8 Å². The van der Waals surface area contributed by atoms with E-state index < -0.39 is 0 Å². The molecule has 1 saturated heterocycles. The zero-order valence-electron chi connectivity index (χ0n) is 17.9. The van der Waals surface area contributed by atoms with Gasteiger partial charge < -0.3 is 15.0 Å². The van der Waals surface area contributed by atoms with Crippen molar-refractivity contribution < 1.29 is 9.53 Å². The van der Waals surface area contributed by atoms with Gasteiger partial charge in [-0.3, -0.25) is 9.78 Å². The van der Waals surface area contributed by atoms with Crippen LogP contribution in [-0.2, 0) is 6.54 Å². The van der Waals surface area contributed by atoms with Gasteiger partial charge in [0.25, 0.3) is 5.91 Å². The van der Waals surface area contributed by atoms with Gasteiger partial charge in [0.2, 0.25) is 0 Å². The van der Waals surface area contributed by atoms with E-state index in [0.29, 0.717) is 23.7 Å². The molecule has 1 amide bonds. The Morgan fingerprint density at radius 3 is 2.81 bits per heavy atom. The highest BCUT2D eigenvalue weighted by Crippen LogP contribution is 2.36. The van der Waals surface area contributed by atoms with Crippen LogP contribution in [0.3, 0.4) is 0 Å². The summed E-state index contributed by atoms with van der Waals surface area (Å²) in [7, 11) is 0. The van der Waals surface area contributed by atoms with Crippen molar-refractivity contribution in [2.24, 2.45) is 5.92 Å². The van der Waals surface area contributed by atoms with E-state index in [2.05, 4.69) is 10.3 Å². The fourth-order valence-corrected chi connectivity index (χ4v) is 4.87. The predicted octanol–water partition coefficient (Wildman–Crippen LogP) is 5.33. The maximum Gasteiger partial charge on any atom is 0.260 e. The SMILES string of the molecule is O=C1c2c(Cl)cccc2CN1c1cccc(-c2cnccc2OCCC2CCNCC2)c1. The van der Waals surface area contributed by atoms with Gasteiger partial charge in [-0.1, -0.05) is 35.9 Å². The average Bonchev–Trinajstić information content (AvgIpc) is 3.18. The molecule has 0 bridgehead atoms. The number of benzene rings is 2. The molecule has 3 heterocycles. The summed E-state index contributed by atoms with van der Waals surface area (Å²) >= 11 is 6.29. The van der Waals surface area contributed by atoms with Crippen molar-refractivity contribution >= 4 is 23.2 Å². The number of halogens is 1. The van der Waals surface area contributed by atoms with Gasteiger partial charge >= 0.3 is 0 Å². The molecule has 2 aliphatic rings. The zero-order chi connectivity index (χ0) is 21.9. The molecule has 0 unspecified atom stereocenters. The Bertz CT molecular complexity index is 1130. The molecule has 0 saturated carbocycles. The van der Waals surface area contributed by atoms with Gasteiger partial charge in [-0.15, -0.1) is 0 Å². The number of piperidine rings is 1. The summed E-state index contributed by atoms with van der Waals surface area (Å²) < 4.78 is 6.19. The third-order valence-corrected chi connectivity index (χ3v) is 6.69. The monoisotopic (exact) mass is 447 g/mol. The number of carbonyl (C=O) groups is 1. The molecule has 0 atom stereocenters. The molecule has 6 heteroatoms. The van der Waals surface area contributed by atoms with E-state index in [1.54, 1.807) is 17.2 Å². The largest absolute Gasteiger partial charge is 0.493 e. The molecule has 0 radical (unpaired) electrons. The second-order valence-electron chi connectivity index (χ2n) is 8.42. The number of carbonyl (C=O) groups excluding carboxylic acids is 1. The number of hydrogen-bond acceptors (Lipinski definition) is 4. The summed E-state index contributed by atoms with van der Waals surface area (Å²) in [5, 5.41) is 3.91. The highest BCUT2D eigenvalue weighted by Gasteiger charge is 2.30. The van der Waals surface area contributed by atoms with Crippen LogP contribution in [0.4, 0.5) is 5.69 Å². The molecule has 5 nitrogen and oxygen atoms in total. The van der Waals surface area contributed by atoms with Crippen molar-refractivity contribution in [2.75, 3.05) is 24.6 Å². The fraction of sp³-hybridized carbons (Fsp3) is 0.308. The van der Waals surface area contributed by atoms with Crippen molar-refractivity contribution in [1.29, 1.82) is 0 Å². The Balaban J connectivity index is 1.35. The summed E-state index contributed by atoms with van der Waals surface area (Å²) in [6.45, 7) is 3.41. The van der Waals surface area contributed by atoms with E-state index in [1.807, 2.05) is 48.7 Å². The van der Waals surface area contributed by atoms with Crippen molar-refractivity contribution in [3.63, 3.8) is 0 Å². The van der Waals surface area contributed by atoms with Crippen LogP contribution in [0.2, 0.25) is 5.02 Å². The summed E-state index contributed by atoms with van der Waals surface area (Å²) in [6, 6.07) is 15.5. The lowest BCUT2D eigenvalue weighted by atomic mass is 9.95. The van der Waals surface area contributed by atoms with E-state index in [4.69, 9.17) is 16.3 Å². The second kappa shape index (κ2) is 9.31. The summed E-state index contributed by atoms with van der Waals surface area (Å²) in [5.41, 5.74) is 4.30. The first-order valence-corrected chi connectivity index (χ1v) is 11.6. The minimum absolute atomic E-state index is 0.0626. The van der Waals surface area contributed by atoms with Gasteiger partial charge in [-0.05, 0) is 73.7 Å². The highest BCUT2D eigenvalue weighted by molar-refractivity contribution is 6.35.